The number of hydrogen-bond donors (Lipinski definition) is 2. The van der Waals surface area contributed by atoms with Crippen LogP contribution in [0.15, 0.2) is 24.3 Å². The van der Waals surface area contributed by atoms with Gasteiger partial charge in [0.05, 0.1) is 18.8 Å². The molecule has 1 fully saturated rings. The number of anilines is 1. The summed E-state index contributed by atoms with van der Waals surface area (Å²) in [5, 5.41) is 6.20. The van der Waals surface area contributed by atoms with Crippen LogP contribution in [-0.4, -0.2) is 50.6 Å². The van der Waals surface area contributed by atoms with Crippen LogP contribution in [-0.2, 0) is 4.79 Å². The smallest absolute Gasteiger partial charge is 0.238 e. The van der Waals surface area contributed by atoms with Gasteiger partial charge in [0.25, 0.3) is 0 Å². The molecule has 122 valence electrons. The molecule has 0 aliphatic carbocycles. The van der Waals surface area contributed by atoms with Gasteiger partial charge in [-0.3, -0.25) is 9.69 Å². The van der Waals surface area contributed by atoms with Crippen molar-refractivity contribution in [3.05, 3.63) is 24.3 Å². The molecule has 1 aromatic rings. The monoisotopic (exact) mass is 305 g/mol. The second-order valence-electron chi connectivity index (χ2n) is 5.78. The highest BCUT2D eigenvalue weighted by molar-refractivity contribution is 5.93. The second kappa shape index (κ2) is 8.76. The maximum atomic E-state index is 12.3. The molecule has 5 heteroatoms. The number of ether oxygens (including phenoxy) is 1. The molecule has 5 nitrogen and oxygen atoms in total. The molecule has 1 aromatic carbocycles. The quantitative estimate of drug-likeness (QED) is 0.808. The number of benzene rings is 1. The average molecular weight is 305 g/mol. The van der Waals surface area contributed by atoms with Crippen LogP contribution in [0.1, 0.15) is 19.8 Å². The highest BCUT2D eigenvalue weighted by Gasteiger charge is 2.21. The van der Waals surface area contributed by atoms with Crippen molar-refractivity contribution in [1.29, 1.82) is 0 Å². The molecular formula is C17H27N3O2. The molecule has 2 N–H and O–H groups in total. The van der Waals surface area contributed by atoms with Crippen molar-refractivity contribution in [2.24, 2.45) is 5.92 Å². The van der Waals surface area contributed by atoms with Gasteiger partial charge in [-0.2, -0.15) is 0 Å². The molecule has 1 aliphatic rings. The number of amides is 1. The molecule has 1 atom stereocenters. The summed E-state index contributed by atoms with van der Waals surface area (Å²) in [6, 6.07) is 7.57. The Morgan fingerprint density at radius 2 is 2.23 bits per heavy atom. The van der Waals surface area contributed by atoms with Gasteiger partial charge in [0.2, 0.25) is 5.91 Å². The number of para-hydroxylation sites is 2. The van der Waals surface area contributed by atoms with Gasteiger partial charge >= 0.3 is 0 Å². The number of rotatable bonds is 7. The number of likely N-dealkylation sites (tertiary alicyclic amines) is 1. The highest BCUT2D eigenvalue weighted by atomic mass is 16.5. The SMILES string of the molecule is CCOc1ccccc1NC(=O)CN1CCCC(CNC)C1. The van der Waals surface area contributed by atoms with Crippen molar-refractivity contribution in [1.82, 2.24) is 10.2 Å². The molecule has 1 heterocycles. The van der Waals surface area contributed by atoms with E-state index >= 15 is 0 Å². The number of hydrogen-bond acceptors (Lipinski definition) is 4. The molecule has 2 rings (SSSR count). The van der Waals surface area contributed by atoms with Crippen molar-refractivity contribution in [2.75, 3.05) is 45.2 Å². The summed E-state index contributed by atoms with van der Waals surface area (Å²) in [6.07, 6.45) is 2.40. The lowest BCUT2D eigenvalue weighted by molar-refractivity contribution is -0.117. The van der Waals surface area contributed by atoms with Crippen molar-refractivity contribution in [3.63, 3.8) is 0 Å². The molecule has 1 unspecified atom stereocenters. The third-order valence-corrected chi connectivity index (χ3v) is 3.92. The van der Waals surface area contributed by atoms with Gasteiger partial charge in [-0.15, -0.1) is 0 Å². The minimum atomic E-state index is 0.0252. The van der Waals surface area contributed by atoms with Crippen LogP contribution in [0.3, 0.4) is 0 Å². The van der Waals surface area contributed by atoms with Crippen LogP contribution in [0.5, 0.6) is 5.75 Å². The molecule has 0 bridgehead atoms. The Kier molecular flexibility index (Phi) is 6.68. The topological polar surface area (TPSA) is 53.6 Å². The van der Waals surface area contributed by atoms with Gasteiger partial charge in [-0.25, -0.2) is 0 Å². The molecule has 0 aromatic heterocycles. The molecule has 0 saturated carbocycles. The Hall–Kier alpha value is -1.59. The van der Waals surface area contributed by atoms with Crippen molar-refractivity contribution in [2.45, 2.75) is 19.8 Å². The molecule has 1 saturated heterocycles. The van der Waals surface area contributed by atoms with Gasteiger partial charge in [-0.05, 0) is 58.0 Å². The largest absolute Gasteiger partial charge is 0.492 e. The summed E-state index contributed by atoms with van der Waals surface area (Å²) in [5.41, 5.74) is 0.748. The Balaban J connectivity index is 1.87. The summed E-state index contributed by atoms with van der Waals surface area (Å²) in [6.45, 7) is 5.98. The average Bonchev–Trinajstić information content (AvgIpc) is 2.50. The van der Waals surface area contributed by atoms with E-state index in [1.54, 1.807) is 0 Å². The lowest BCUT2D eigenvalue weighted by Gasteiger charge is -2.32. The predicted molar refractivity (Wildman–Crippen MR) is 89.3 cm³/mol. The summed E-state index contributed by atoms with van der Waals surface area (Å²) in [4.78, 5) is 14.5. The second-order valence-corrected chi connectivity index (χ2v) is 5.78. The molecule has 1 aliphatic heterocycles. The van der Waals surface area contributed by atoms with Gasteiger partial charge in [0.1, 0.15) is 5.75 Å². The van der Waals surface area contributed by atoms with E-state index < -0.39 is 0 Å². The van der Waals surface area contributed by atoms with Crippen molar-refractivity contribution < 1.29 is 9.53 Å². The summed E-state index contributed by atoms with van der Waals surface area (Å²) in [5.74, 6) is 1.39. The van der Waals surface area contributed by atoms with Gasteiger partial charge < -0.3 is 15.4 Å². The number of carbonyl (C=O) groups excluding carboxylic acids is 1. The molecule has 1 amide bonds. The number of carbonyl (C=O) groups is 1. The van der Waals surface area contributed by atoms with E-state index in [9.17, 15) is 4.79 Å². The van der Waals surface area contributed by atoms with Crippen LogP contribution in [0, 0.1) is 5.92 Å². The first-order valence-electron chi connectivity index (χ1n) is 8.11. The first kappa shape index (κ1) is 16.8. The van der Waals surface area contributed by atoms with Gasteiger partial charge in [0, 0.05) is 6.54 Å². The fraction of sp³-hybridized carbons (Fsp3) is 0.588. The highest BCUT2D eigenvalue weighted by Crippen LogP contribution is 2.23. The standard InChI is InChI=1S/C17H27N3O2/c1-3-22-16-9-5-4-8-15(16)19-17(21)13-20-10-6-7-14(12-20)11-18-2/h4-5,8-9,14,18H,3,6-7,10-13H2,1-2H3,(H,19,21). The third-order valence-electron chi connectivity index (χ3n) is 3.92. The summed E-state index contributed by atoms with van der Waals surface area (Å²) in [7, 11) is 1.98. The van der Waals surface area contributed by atoms with Crippen LogP contribution in [0.25, 0.3) is 0 Å². The van der Waals surface area contributed by atoms with Crippen LogP contribution in [0.4, 0.5) is 5.69 Å². The van der Waals surface area contributed by atoms with Gasteiger partial charge in [-0.1, -0.05) is 12.1 Å². The number of nitrogens with zero attached hydrogens (tertiary/aromatic N) is 1. The van der Waals surface area contributed by atoms with E-state index in [-0.39, 0.29) is 5.91 Å². The zero-order chi connectivity index (χ0) is 15.8. The van der Waals surface area contributed by atoms with E-state index in [0.29, 0.717) is 19.1 Å². The fourth-order valence-electron chi connectivity index (χ4n) is 2.99. The normalized spacial score (nSPS) is 18.9. The van der Waals surface area contributed by atoms with E-state index in [1.807, 2.05) is 38.2 Å². The first-order chi connectivity index (χ1) is 10.7. The van der Waals surface area contributed by atoms with E-state index in [2.05, 4.69) is 15.5 Å². The fourth-order valence-corrected chi connectivity index (χ4v) is 2.99. The molecular weight excluding hydrogens is 278 g/mol. The van der Waals surface area contributed by atoms with E-state index in [4.69, 9.17) is 4.74 Å². The van der Waals surface area contributed by atoms with E-state index in [1.165, 1.54) is 6.42 Å². The molecule has 0 radical (unpaired) electrons. The minimum absolute atomic E-state index is 0.0252. The van der Waals surface area contributed by atoms with Crippen molar-refractivity contribution in [3.8, 4) is 5.75 Å². The predicted octanol–water partition coefficient (Wildman–Crippen LogP) is 1.96. The van der Waals surface area contributed by atoms with E-state index in [0.717, 1.165) is 37.5 Å². The Bertz CT molecular complexity index is 477. The van der Waals surface area contributed by atoms with Crippen LogP contribution in [0.2, 0.25) is 0 Å². The van der Waals surface area contributed by atoms with Crippen LogP contribution < -0.4 is 15.4 Å². The number of piperidine rings is 1. The summed E-state index contributed by atoms with van der Waals surface area (Å²) >= 11 is 0. The molecule has 0 spiro atoms. The third kappa shape index (κ3) is 5.00. The lowest BCUT2D eigenvalue weighted by atomic mass is 9.98. The lowest BCUT2D eigenvalue weighted by Crippen LogP contribution is -2.42. The summed E-state index contributed by atoms with van der Waals surface area (Å²) < 4.78 is 5.54. The van der Waals surface area contributed by atoms with Crippen molar-refractivity contribution >= 4 is 11.6 Å². The Labute approximate surface area is 133 Å². The molecule has 22 heavy (non-hydrogen) atoms. The zero-order valence-corrected chi connectivity index (χ0v) is 13.6. The maximum absolute atomic E-state index is 12.3. The minimum Gasteiger partial charge on any atom is -0.492 e. The Morgan fingerprint density at radius 3 is 3.00 bits per heavy atom. The number of nitrogens with one attached hydrogen (secondary N) is 2. The zero-order valence-electron chi connectivity index (χ0n) is 13.6. The van der Waals surface area contributed by atoms with Gasteiger partial charge in [0.15, 0.2) is 0 Å². The Morgan fingerprint density at radius 1 is 1.41 bits per heavy atom. The maximum Gasteiger partial charge on any atom is 0.238 e. The first-order valence-corrected chi connectivity index (χ1v) is 8.11. The van der Waals surface area contributed by atoms with Crippen LogP contribution >= 0.6 is 0 Å².